The van der Waals surface area contributed by atoms with Gasteiger partial charge in [0, 0.05) is 24.1 Å². The number of fused-ring (bicyclic) bond motifs is 1. The summed E-state index contributed by atoms with van der Waals surface area (Å²) in [6, 6.07) is 8.84. The SMILES string of the molecule is C[C@H]1CC2(CC[NH+](C)CC2)Nc2ccccc21. The molecule has 17 heavy (non-hydrogen) atoms. The summed E-state index contributed by atoms with van der Waals surface area (Å²) >= 11 is 0. The highest BCUT2D eigenvalue weighted by Crippen LogP contribution is 2.41. The van der Waals surface area contributed by atoms with E-state index in [0.717, 1.165) is 0 Å². The zero-order chi connectivity index (χ0) is 11.9. The van der Waals surface area contributed by atoms with Crippen LogP contribution in [0.25, 0.3) is 0 Å². The maximum Gasteiger partial charge on any atom is 0.0791 e. The number of anilines is 1. The molecule has 0 bridgehead atoms. The van der Waals surface area contributed by atoms with E-state index in [1.807, 2.05) is 0 Å². The topological polar surface area (TPSA) is 16.5 Å². The molecule has 2 nitrogen and oxygen atoms in total. The molecule has 2 N–H and O–H groups in total. The van der Waals surface area contributed by atoms with Gasteiger partial charge in [-0.2, -0.15) is 0 Å². The monoisotopic (exact) mass is 231 g/mol. The zero-order valence-corrected chi connectivity index (χ0v) is 10.9. The van der Waals surface area contributed by atoms with E-state index in [4.69, 9.17) is 0 Å². The molecule has 2 heteroatoms. The number of nitrogens with one attached hydrogen (secondary N) is 2. The maximum atomic E-state index is 3.85. The third kappa shape index (κ3) is 1.95. The molecule has 92 valence electrons. The lowest BCUT2D eigenvalue weighted by molar-refractivity contribution is -0.885. The molecule has 1 aromatic carbocycles. The zero-order valence-electron chi connectivity index (χ0n) is 10.9. The van der Waals surface area contributed by atoms with Crippen LogP contribution < -0.4 is 10.2 Å². The van der Waals surface area contributed by atoms with Crippen molar-refractivity contribution in [3.8, 4) is 0 Å². The molecule has 0 unspecified atom stereocenters. The van der Waals surface area contributed by atoms with E-state index >= 15 is 0 Å². The van der Waals surface area contributed by atoms with Crippen molar-refractivity contribution < 1.29 is 4.90 Å². The quantitative estimate of drug-likeness (QED) is 0.694. The predicted octanol–water partition coefficient (Wildman–Crippen LogP) is 1.65. The fourth-order valence-corrected chi connectivity index (χ4v) is 3.56. The molecule has 3 rings (SSSR count). The van der Waals surface area contributed by atoms with E-state index in [1.165, 1.54) is 43.6 Å². The van der Waals surface area contributed by atoms with Crippen LogP contribution in [0.4, 0.5) is 5.69 Å². The van der Waals surface area contributed by atoms with Gasteiger partial charge in [-0.15, -0.1) is 0 Å². The second-order valence-corrected chi connectivity index (χ2v) is 6.05. The van der Waals surface area contributed by atoms with E-state index in [-0.39, 0.29) is 0 Å². The van der Waals surface area contributed by atoms with Gasteiger partial charge in [-0.25, -0.2) is 0 Å². The van der Waals surface area contributed by atoms with Gasteiger partial charge in [0.15, 0.2) is 0 Å². The Balaban J connectivity index is 1.88. The van der Waals surface area contributed by atoms with Crippen LogP contribution in [0.15, 0.2) is 24.3 Å². The Hall–Kier alpha value is -1.02. The van der Waals surface area contributed by atoms with Crippen molar-refractivity contribution in [3.05, 3.63) is 29.8 Å². The molecule has 0 aromatic heterocycles. The molecule has 1 aromatic rings. The Morgan fingerprint density at radius 2 is 1.94 bits per heavy atom. The molecule has 1 atom stereocenters. The number of hydrogen-bond acceptors (Lipinski definition) is 1. The van der Waals surface area contributed by atoms with Crippen molar-refractivity contribution in [3.63, 3.8) is 0 Å². The average Bonchev–Trinajstić information content (AvgIpc) is 2.34. The first-order valence-electron chi connectivity index (χ1n) is 6.87. The molecule has 1 spiro atoms. The van der Waals surface area contributed by atoms with Gasteiger partial charge in [-0.1, -0.05) is 25.1 Å². The van der Waals surface area contributed by atoms with E-state index < -0.39 is 0 Å². The van der Waals surface area contributed by atoms with Crippen molar-refractivity contribution >= 4 is 5.69 Å². The van der Waals surface area contributed by atoms with E-state index in [0.29, 0.717) is 11.5 Å². The number of quaternary nitrogens is 1. The van der Waals surface area contributed by atoms with Crippen molar-refractivity contribution in [2.45, 2.75) is 37.6 Å². The lowest BCUT2D eigenvalue weighted by Crippen LogP contribution is -3.10. The smallest absolute Gasteiger partial charge is 0.0791 e. The molecular formula is C15H23N2+. The van der Waals surface area contributed by atoms with Gasteiger partial charge in [0.2, 0.25) is 0 Å². The number of rotatable bonds is 0. The van der Waals surface area contributed by atoms with E-state index in [1.54, 1.807) is 4.90 Å². The third-order valence-corrected chi connectivity index (χ3v) is 4.65. The summed E-state index contributed by atoms with van der Waals surface area (Å²) in [5, 5.41) is 3.85. The maximum absolute atomic E-state index is 3.85. The van der Waals surface area contributed by atoms with Gasteiger partial charge in [-0.05, 0) is 24.0 Å². The Kier molecular flexibility index (Phi) is 2.62. The van der Waals surface area contributed by atoms with Crippen molar-refractivity contribution in [1.82, 2.24) is 0 Å². The van der Waals surface area contributed by atoms with Crippen LogP contribution in [0.5, 0.6) is 0 Å². The third-order valence-electron chi connectivity index (χ3n) is 4.65. The Bertz CT molecular complexity index is 405. The van der Waals surface area contributed by atoms with Crippen molar-refractivity contribution in [2.24, 2.45) is 0 Å². The highest BCUT2D eigenvalue weighted by atomic mass is 15.1. The van der Waals surface area contributed by atoms with Gasteiger partial charge in [0.25, 0.3) is 0 Å². The first-order chi connectivity index (χ1) is 8.19. The fraction of sp³-hybridized carbons (Fsp3) is 0.600. The molecule has 2 aliphatic rings. The lowest BCUT2D eigenvalue weighted by Gasteiger charge is -2.45. The van der Waals surface area contributed by atoms with Gasteiger partial charge in [0.05, 0.1) is 20.1 Å². The predicted molar refractivity (Wildman–Crippen MR) is 71.7 cm³/mol. The van der Waals surface area contributed by atoms with E-state index in [2.05, 4.69) is 43.6 Å². The number of para-hydroxylation sites is 1. The number of likely N-dealkylation sites (tertiary alicyclic amines) is 1. The highest BCUT2D eigenvalue weighted by Gasteiger charge is 2.40. The minimum absolute atomic E-state index is 0.382. The summed E-state index contributed by atoms with van der Waals surface area (Å²) in [5.41, 5.74) is 3.27. The fourth-order valence-electron chi connectivity index (χ4n) is 3.56. The molecule has 0 saturated carbocycles. The Morgan fingerprint density at radius 1 is 1.24 bits per heavy atom. The van der Waals surface area contributed by atoms with Gasteiger partial charge >= 0.3 is 0 Å². The van der Waals surface area contributed by atoms with E-state index in [9.17, 15) is 0 Å². The molecule has 0 radical (unpaired) electrons. The minimum Gasteiger partial charge on any atom is -0.379 e. The molecule has 2 aliphatic heterocycles. The van der Waals surface area contributed by atoms with Crippen LogP contribution >= 0.6 is 0 Å². The van der Waals surface area contributed by atoms with Gasteiger partial charge < -0.3 is 10.2 Å². The number of piperidine rings is 1. The van der Waals surface area contributed by atoms with Crippen LogP contribution in [0.2, 0.25) is 0 Å². The largest absolute Gasteiger partial charge is 0.379 e. The molecule has 0 amide bonds. The normalized spacial score (nSPS) is 36.4. The lowest BCUT2D eigenvalue weighted by atomic mass is 9.74. The average molecular weight is 231 g/mol. The van der Waals surface area contributed by atoms with Crippen LogP contribution in [0.3, 0.4) is 0 Å². The van der Waals surface area contributed by atoms with Crippen LogP contribution in [0, 0.1) is 0 Å². The van der Waals surface area contributed by atoms with Gasteiger partial charge in [-0.3, -0.25) is 0 Å². The molecular weight excluding hydrogens is 208 g/mol. The highest BCUT2D eigenvalue weighted by molar-refractivity contribution is 5.57. The molecule has 2 heterocycles. The van der Waals surface area contributed by atoms with Gasteiger partial charge in [0.1, 0.15) is 0 Å². The Labute approximate surface area is 104 Å². The van der Waals surface area contributed by atoms with Crippen molar-refractivity contribution in [1.29, 1.82) is 0 Å². The summed E-state index contributed by atoms with van der Waals surface area (Å²) in [7, 11) is 2.31. The number of hydrogen-bond donors (Lipinski definition) is 2. The van der Waals surface area contributed by atoms with Crippen LogP contribution in [-0.2, 0) is 0 Å². The first-order valence-corrected chi connectivity index (χ1v) is 6.87. The van der Waals surface area contributed by atoms with Crippen LogP contribution in [0.1, 0.15) is 37.7 Å². The molecule has 1 saturated heterocycles. The summed E-state index contributed by atoms with van der Waals surface area (Å²) in [6.07, 6.45) is 3.94. The summed E-state index contributed by atoms with van der Waals surface area (Å²) in [5.74, 6) is 0.700. The second kappa shape index (κ2) is 4.02. The molecule has 1 fully saturated rings. The summed E-state index contributed by atoms with van der Waals surface area (Å²) < 4.78 is 0. The Morgan fingerprint density at radius 3 is 2.71 bits per heavy atom. The molecule has 0 aliphatic carbocycles. The minimum atomic E-state index is 0.382. The standard InChI is InChI=1S/C15H22N2/c1-12-11-15(7-9-17(2)10-8-15)16-14-6-4-3-5-13(12)14/h3-6,12,16H,7-11H2,1-2H3/p+1/t12-/m0/s1. The second-order valence-electron chi connectivity index (χ2n) is 6.05. The van der Waals surface area contributed by atoms with Crippen molar-refractivity contribution in [2.75, 3.05) is 25.5 Å². The number of benzene rings is 1. The first kappa shape index (κ1) is 11.1. The van der Waals surface area contributed by atoms with Crippen LogP contribution in [-0.4, -0.2) is 25.7 Å². The summed E-state index contributed by atoms with van der Waals surface area (Å²) in [6.45, 7) is 5.00. The summed E-state index contributed by atoms with van der Waals surface area (Å²) in [4.78, 5) is 1.68.